The highest BCUT2D eigenvalue weighted by molar-refractivity contribution is 5.66. The van der Waals surface area contributed by atoms with Crippen LogP contribution in [-0.4, -0.2) is 23.3 Å². The number of hydrogen-bond acceptors (Lipinski definition) is 3. The van der Waals surface area contributed by atoms with E-state index in [9.17, 15) is 9.90 Å². The van der Waals surface area contributed by atoms with Gasteiger partial charge in [0.25, 0.3) is 0 Å². The van der Waals surface area contributed by atoms with Crippen molar-refractivity contribution in [1.29, 1.82) is 0 Å². The third-order valence-electron chi connectivity index (χ3n) is 8.39. The van der Waals surface area contributed by atoms with Crippen molar-refractivity contribution in [2.45, 2.75) is 77.9 Å². The maximum Gasteiger partial charge on any atom is 0.302 e. The summed E-state index contributed by atoms with van der Waals surface area (Å²) in [6.45, 7) is 6.37. The molecule has 3 nitrogen and oxygen atoms in total. The summed E-state index contributed by atoms with van der Waals surface area (Å²) in [5.74, 6) is 2.69. The molecule has 0 spiro atoms. The number of aliphatic hydroxyl groups is 1. The number of esters is 1. The lowest BCUT2D eigenvalue weighted by Gasteiger charge is -2.59. The molecule has 0 aromatic heterocycles. The largest absolute Gasteiger partial charge is 0.462 e. The maximum absolute atomic E-state index is 11.5. The molecule has 0 aliphatic heterocycles. The Morgan fingerprint density at radius 1 is 1.12 bits per heavy atom. The first-order valence-corrected chi connectivity index (χ1v) is 9.89. The summed E-state index contributed by atoms with van der Waals surface area (Å²) in [6, 6.07) is 0. The molecular formula is C21H32O3. The molecule has 3 saturated carbocycles. The van der Waals surface area contributed by atoms with Crippen molar-refractivity contribution in [1.82, 2.24) is 0 Å². The predicted octanol–water partition coefficient (Wildman–Crippen LogP) is 4.10. The van der Waals surface area contributed by atoms with Crippen LogP contribution in [0.25, 0.3) is 0 Å². The number of allylic oxidation sites excluding steroid dienone is 1. The van der Waals surface area contributed by atoms with Crippen LogP contribution >= 0.6 is 0 Å². The van der Waals surface area contributed by atoms with Crippen molar-refractivity contribution in [2.24, 2.45) is 34.5 Å². The Hall–Kier alpha value is -0.830. The van der Waals surface area contributed by atoms with E-state index < -0.39 is 0 Å². The molecule has 3 heteroatoms. The molecule has 8 atom stereocenters. The van der Waals surface area contributed by atoms with Crippen LogP contribution in [0.1, 0.15) is 65.7 Å². The van der Waals surface area contributed by atoms with Crippen molar-refractivity contribution in [3.63, 3.8) is 0 Å². The molecular weight excluding hydrogens is 300 g/mol. The van der Waals surface area contributed by atoms with Crippen molar-refractivity contribution in [2.75, 3.05) is 0 Å². The van der Waals surface area contributed by atoms with Gasteiger partial charge in [0.1, 0.15) is 6.10 Å². The number of ether oxygens (including phenoxy) is 1. The summed E-state index contributed by atoms with van der Waals surface area (Å²) in [4.78, 5) is 11.5. The smallest absolute Gasteiger partial charge is 0.302 e. The van der Waals surface area contributed by atoms with Crippen molar-refractivity contribution >= 4 is 5.97 Å². The molecule has 1 N–H and O–H groups in total. The lowest BCUT2D eigenvalue weighted by molar-refractivity contribution is -0.158. The fraction of sp³-hybridized carbons (Fsp3) is 0.857. The average molecular weight is 332 g/mol. The second-order valence-electron chi connectivity index (χ2n) is 9.40. The van der Waals surface area contributed by atoms with E-state index in [4.69, 9.17) is 4.74 Å². The van der Waals surface area contributed by atoms with Crippen LogP contribution in [0.3, 0.4) is 0 Å². The maximum atomic E-state index is 11.5. The minimum absolute atomic E-state index is 0.121. The summed E-state index contributed by atoms with van der Waals surface area (Å²) in [7, 11) is 0. The Morgan fingerprint density at radius 2 is 1.92 bits per heavy atom. The second-order valence-corrected chi connectivity index (χ2v) is 9.40. The lowest BCUT2D eigenvalue weighted by Crippen LogP contribution is -2.53. The molecule has 24 heavy (non-hydrogen) atoms. The van der Waals surface area contributed by atoms with Gasteiger partial charge in [-0.3, -0.25) is 4.79 Å². The summed E-state index contributed by atoms with van der Waals surface area (Å²) in [6.07, 6.45) is 12.4. The van der Waals surface area contributed by atoms with Gasteiger partial charge in [0.05, 0.1) is 6.10 Å². The number of hydrogen-bond donors (Lipinski definition) is 1. The van der Waals surface area contributed by atoms with Gasteiger partial charge in [0.15, 0.2) is 0 Å². The first-order chi connectivity index (χ1) is 11.3. The summed E-state index contributed by atoms with van der Waals surface area (Å²) in [5, 5.41) is 10.0. The van der Waals surface area contributed by atoms with E-state index >= 15 is 0 Å². The highest BCUT2D eigenvalue weighted by Gasteiger charge is 2.60. The van der Waals surface area contributed by atoms with Gasteiger partial charge in [-0.25, -0.2) is 0 Å². The normalized spacial score (nSPS) is 53.0. The molecule has 134 valence electrons. The Bertz CT molecular complexity index is 555. The molecule has 0 aromatic rings. The van der Waals surface area contributed by atoms with E-state index in [2.05, 4.69) is 19.9 Å². The third-order valence-corrected chi connectivity index (χ3v) is 8.39. The van der Waals surface area contributed by atoms with Gasteiger partial charge in [-0.2, -0.15) is 0 Å². The molecule has 0 unspecified atom stereocenters. The van der Waals surface area contributed by atoms with Gasteiger partial charge in [-0.1, -0.05) is 26.0 Å². The monoisotopic (exact) mass is 332 g/mol. The van der Waals surface area contributed by atoms with Crippen LogP contribution in [0.2, 0.25) is 0 Å². The number of rotatable bonds is 1. The minimum Gasteiger partial charge on any atom is -0.462 e. The lowest BCUT2D eigenvalue weighted by atomic mass is 9.46. The van der Waals surface area contributed by atoms with E-state index in [1.165, 1.54) is 32.1 Å². The van der Waals surface area contributed by atoms with Crippen molar-refractivity contribution < 1.29 is 14.6 Å². The summed E-state index contributed by atoms with van der Waals surface area (Å²) < 4.78 is 5.72. The first-order valence-electron chi connectivity index (χ1n) is 9.89. The second kappa shape index (κ2) is 5.59. The molecule has 0 bridgehead atoms. The van der Waals surface area contributed by atoms with E-state index in [0.29, 0.717) is 11.8 Å². The van der Waals surface area contributed by atoms with E-state index in [0.717, 1.165) is 24.7 Å². The highest BCUT2D eigenvalue weighted by atomic mass is 16.5. The van der Waals surface area contributed by atoms with E-state index in [-0.39, 0.29) is 29.0 Å². The molecule has 4 rings (SSSR count). The van der Waals surface area contributed by atoms with Crippen LogP contribution in [0.4, 0.5) is 0 Å². The fourth-order valence-corrected chi connectivity index (χ4v) is 7.14. The van der Waals surface area contributed by atoms with Crippen LogP contribution in [0.15, 0.2) is 12.2 Å². The van der Waals surface area contributed by atoms with Gasteiger partial charge in [0, 0.05) is 12.3 Å². The zero-order valence-electron chi connectivity index (χ0n) is 15.3. The standard InChI is InChI=1S/C21H32O3/c1-13(22)24-19-7-6-17-16-5-4-14-12-15(23)8-10-20(14,2)18(16)9-11-21(17,19)3/h8,10,14-19,23H,4-7,9,11-12H2,1-3H3/t14-,15-,16-,17+,18-,19-,20-,21-/m0/s1. The van der Waals surface area contributed by atoms with E-state index in [1.807, 2.05) is 6.08 Å². The highest BCUT2D eigenvalue weighted by Crippen LogP contribution is 2.65. The summed E-state index contributed by atoms with van der Waals surface area (Å²) >= 11 is 0. The Labute approximate surface area is 145 Å². The molecule has 0 saturated heterocycles. The SMILES string of the molecule is CC(=O)O[C@H]1CC[C@@H]2[C@@H]3CC[C@H]4C[C@@H](O)C=C[C@]4(C)[C@H]3CC[C@]12C. The molecule has 4 aliphatic rings. The molecule has 0 heterocycles. The number of aliphatic hydroxyl groups excluding tert-OH is 1. The zero-order chi connectivity index (χ0) is 17.1. The third kappa shape index (κ3) is 2.30. The fourth-order valence-electron chi connectivity index (χ4n) is 7.14. The van der Waals surface area contributed by atoms with Gasteiger partial charge in [-0.15, -0.1) is 0 Å². The quantitative estimate of drug-likeness (QED) is 0.581. The minimum atomic E-state index is -0.242. The average Bonchev–Trinajstić information content (AvgIpc) is 2.84. The van der Waals surface area contributed by atoms with Crippen LogP contribution < -0.4 is 0 Å². The first kappa shape index (κ1) is 16.6. The molecule has 4 aliphatic carbocycles. The zero-order valence-corrected chi connectivity index (χ0v) is 15.3. The Morgan fingerprint density at radius 3 is 2.67 bits per heavy atom. The molecule has 0 radical (unpaired) electrons. The number of fused-ring (bicyclic) bond motifs is 5. The molecule has 0 amide bonds. The van der Waals surface area contributed by atoms with Crippen LogP contribution in [-0.2, 0) is 9.53 Å². The number of carbonyl (C=O) groups excluding carboxylic acids is 1. The Balaban J connectivity index is 1.61. The van der Waals surface area contributed by atoms with Crippen molar-refractivity contribution in [3.05, 3.63) is 12.2 Å². The van der Waals surface area contributed by atoms with Crippen LogP contribution in [0, 0.1) is 34.5 Å². The number of carbonyl (C=O) groups is 1. The summed E-state index contributed by atoms with van der Waals surface area (Å²) in [5.41, 5.74) is 0.428. The van der Waals surface area contributed by atoms with Gasteiger partial charge in [-0.05, 0) is 74.0 Å². The predicted molar refractivity (Wildman–Crippen MR) is 93.2 cm³/mol. The molecule has 0 aromatic carbocycles. The van der Waals surface area contributed by atoms with Gasteiger partial charge in [0.2, 0.25) is 0 Å². The van der Waals surface area contributed by atoms with Crippen LogP contribution in [0.5, 0.6) is 0 Å². The van der Waals surface area contributed by atoms with Crippen molar-refractivity contribution in [3.8, 4) is 0 Å². The van der Waals surface area contributed by atoms with E-state index in [1.54, 1.807) is 6.92 Å². The molecule has 3 fully saturated rings. The Kier molecular flexibility index (Phi) is 3.87. The van der Waals surface area contributed by atoms with Gasteiger partial charge >= 0.3 is 5.97 Å². The van der Waals surface area contributed by atoms with Gasteiger partial charge < -0.3 is 9.84 Å². The topological polar surface area (TPSA) is 46.5 Å².